The van der Waals surface area contributed by atoms with Gasteiger partial charge in [0.15, 0.2) is 5.65 Å². The Morgan fingerprint density at radius 1 is 0.769 bits per heavy atom. The van der Waals surface area contributed by atoms with Gasteiger partial charge >= 0.3 is 0 Å². The quantitative estimate of drug-likeness (QED) is 0.162. The van der Waals surface area contributed by atoms with E-state index in [-0.39, 0.29) is 31.1 Å². The van der Waals surface area contributed by atoms with Crippen molar-refractivity contribution < 1.29 is 28.6 Å². The summed E-state index contributed by atoms with van der Waals surface area (Å²) in [4.78, 5) is 14.1. The third kappa shape index (κ3) is 6.98. The smallest absolute Gasteiger partial charge is 0.168 e. The second kappa shape index (κ2) is 15.0. The van der Waals surface area contributed by atoms with Crippen LogP contribution < -0.4 is 0 Å². The van der Waals surface area contributed by atoms with Gasteiger partial charge < -0.3 is 14.0 Å². The first-order valence-corrected chi connectivity index (χ1v) is 17.5. The molecule has 0 fully saturated rings. The maximum absolute atomic E-state index is 7.23. The van der Waals surface area contributed by atoms with E-state index in [0.717, 1.165) is 55.7 Å². The fourth-order valence-corrected chi connectivity index (χ4v) is 6.72. The van der Waals surface area contributed by atoms with Crippen molar-refractivity contribution in [2.45, 2.75) is 72.6 Å². The summed E-state index contributed by atoms with van der Waals surface area (Å²) < 4.78 is 30.5. The van der Waals surface area contributed by atoms with Crippen LogP contribution in [0.1, 0.15) is 86.7 Å². The van der Waals surface area contributed by atoms with E-state index in [0.29, 0.717) is 11.8 Å². The Hall–Kier alpha value is -4.90. The number of fused-ring (bicyclic) bond motifs is 4. The van der Waals surface area contributed by atoms with E-state index in [1.54, 1.807) is 18.2 Å². The van der Waals surface area contributed by atoms with E-state index in [4.69, 9.17) is 18.5 Å². The minimum atomic E-state index is -2.09. The molecule has 4 aromatic carbocycles. The normalized spacial score (nSPS) is 12.8. The van der Waals surface area contributed by atoms with Crippen molar-refractivity contribution in [1.82, 2.24) is 19.5 Å². The number of nitrogens with zero attached hydrogens (tertiary/aromatic N) is 4. The van der Waals surface area contributed by atoms with Crippen LogP contribution in [0.15, 0.2) is 114 Å². The summed E-state index contributed by atoms with van der Waals surface area (Å²) in [6, 6.07) is 38.4. The SMILES string of the molecule is CC(C)c1cccc(C(C)C)c1-n1c(-c2[c-]ccc3c2oc2ccccc23)nc2nccc(C(C)(C)C)c21.[2H]C([2H])([2H])c1ccc(-c2[c-]cccc2)nc1.[Ir]. The first-order valence-electron chi connectivity index (χ1n) is 19.0. The van der Waals surface area contributed by atoms with Crippen LogP contribution in [0, 0.1) is 19.0 Å². The molecule has 0 saturated heterocycles. The predicted octanol–water partition coefficient (Wildman–Crippen LogP) is 12.2. The molecule has 0 bridgehead atoms. The summed E-state index contributed by atoms with van der Waals surface area (Å²) >= 11 is 0. The van der Waals surface area contributed by atoms with Gasteiger partial charge in [0.05, 0.1) is 16.9 Å². The van der Waals surface area contributed by atoms with Crippen LogP contribution >= 0.6 is 0 Å². The van der Waals surface area contributed by atoms with Gasteiger partial charge in [0, 0.05) is 47.7 Å². The molecule has 8 aromatic rings. The molecule has 0 aliphatic rings. The number of hydrogen-bond donors (Lipinski definition) is 0. The van der Waals surface area contributed by atoms with Gasteiger partial charge in [-0.2, -0.15) is 0 Å². The van der Waals surface area contributed by atoms with Crippen molar-refractivity contribution in [2.24, 2.45) is 0 Å². The molecule has 265 valence electrons. The van der Waals surface area contributed by atoms with E-state index in [1.807, 2.05) is 42.6 Å². The Bertz CT molecular complexity index is 2560. The van der Waals surface area contributed by atoms with Crippen LogP contribution in [-0.2, 0) is 25.5 Å². The molecular formula is C46H44IrN4O-2. The second-order valence-electron chi connectivity index (χ2n) is 14.5. The van der Waals surface area contributed by atoms with Gasteiger partial charge in [-0.1, -0.05) is 108 Å². The number of para-hydroxylation sites is 2. The molecule has 0 unspecified atom stereocenters. The Morgan fingerprint density at radius 2 is 1.52 bits per heavy atom. The van der Waals surface area contributed by atoms with E-state index in [1.165, 1.54) is 28.6 Å². The van der Waals surface area contributed by atoms with E-state index < -0.39 is 6.85 Å². The Morgan fingerprint density at radius 3 is 2.17 bits per heavy atom. The standard InChI is InChI=1S/C34H34N3O.C12H10N.Ir/c1-20(2)22-13-10-14-23(21(3)4)29(22)37-30-27(34(5,6)7)18-19-35-32(30)36-33(37)26-16-11-15-25-24-12-8-9-17-28(24)38-31(25)26;1-10-7-8-12(13-9-10)11-5-3-2-4-6-11;/h8-15,17-21H,1-7H3;2-5,7-9H,1H3;/q2*-1;/i;1D3;. The first kappa shape index (κ1) is 33.0. The molecular weight excluding hydrogens is 817 g/mol. The minimum Gasteiger partial charge on any atom is -0.501 e. The van der Waals surface area contributed by atoms with Crippen molar-refractivity contribution in [1.29, 1.82) is 0 Å². The zero-order chi connectivity index (χ0) is 38.4. The molecule has 4 aromatic heterocycles. The van der Waals surface area contributed by atoms with Crippen LogP contribution in [0.5, 0.6) is 0 Å². The molecule has 0 aliphatic carbocycles. The molecule has 0 spiro atoms. The van der Waals surface area contributed by atoms with Crippen LogP contribution in [0.2, 0.25) is 0 Å². The maximum atomic E-state index is 7.23. The fraction of sp³-hybridized carbons (Fsp3) is 0.239. The van der Waals surface area contributed by atoms with Gasteiger partial charge in [-0.05, 0) is 64.2 Å². The summed E-state index contributed by atoms with van der Waals surface area (Å²) in [5, 5.41) is 2.16. The molecule has 6 heteroatoms. The number of aromatic nitrogens is 4. The fourth-order valence-electron chi connectivity index (χ4n) is 6.72. The van der Waals surface area contributed by atoms with Crippen LogP contribution in [0.4, 0.5) is 0 Å². The molecule has 5 nitrogen and oxygen atoms in total. The molecule has 52 heavy (non-hydrogen) atoms. The molecule has 0 atom stereocenters. The predicted molar refractivity (Wildman–Crippen MR) is 211 cm³/mol. The van der Waals surface area contributed by atoms with Crippen LogP contribution in [-0.4, -0.2) is 19.5 Å². The first-order chi connectivity index (χ1) is 25.7. The van der Waals surface area contributed by atoms with Crippen molar-refractivity contribution in [3.63, 3.8) is 0 Å². The second-order valence-corrected chi connectivity index (χ2v) is 14.5. The molecule has 0 saturated carbocycles. The number of imidazole rings is 1. The number of pyridine rings is 2. The third-order valence-electron chi connectivity index (χ3n) is 9.24. The summed E-state index contributed by atoms with van der Waals surface area (Å²) in [6.07, 6.45) is 3.27. The van der Waals surface area contributed by atoms with Crippen molar-refractivity contribution in [3.05, 3.63) is 144 Å². The molecule has 0 N–H and O–H groups in total. The third-order valence-corrected chi connectivity index (χ3v) is 9.24. The zero-order valence-electron chi connectivity index (χ0n) is 33.6. The molecule has 1 radical (unpaired) electrons. The molecule has 0 amide bonds. The van der Waals surface area contributed by atoms with Crippen molar-refractivity contribution in [3.8, 4) is 28.3 Å². The van der Waals surface area contributed by atoms with Gasteiger partial charge in [-0.25, -0.2) is 4.98 Å². The largest absolute Gasteiger partial charge is 0.501 e. The topological polar surface area (TPSA) is 56.7 Å². The number of hydrogen-bond acceptors (Lipinski definition) is 4. The zero-order valence-corrected chi connectivity index (χ0v) is 33.0. The Labute approximate surface area is 324 Å². The maximum Gasteiger partial charge on any atom is 0.168 e. The van der Waals surface area contributed by atoms with Gasteiger partial charge in [-0.15, -0.1) is 54.1 Å². The van der Waals surface area contributed by atoms with Gasteiger partial charge in [-0.3, -0.25) is 4.98 Å². The van der Waals surface area contributed by atoms with Gasteiger partial charge in [0.1, 0.15) is 5.58 Å². The van der Waals surface area contributed by atoms with Crippen LogP contribution in [0.3, 0.4) is 0 Å². The summed E-state index contributed by atoms with van der Waals surface area (Å²) in [6.45, 7) is 13.7. The van der Waals surface area contributed by atoms with Gasteiger partial charge in [0.2, 0.25) is 0 Å². The number of benzene rings is 4. The molecule has 8 rings (SSSR count). The summed E-state index contributed by atoms with van der Waals surface area (Å²) in [5.41, 5.74) is 11.0. The van der Waals surface area contributed by atoms with Gasteiger partial charge in [0.25, 0.3) is 0 Å². The Balaban J connectivity index is 0.000000254. The van der Waals surface area contributed by atoms with Crippen LogP contribution in [0.25, 0.3) is 61.4 Å². The monoisotopic (exact) mass is 864 g/mol. The van der Waals surface area contributed by atoms with Crippen molar-refractivity contribution >= 4 is 33.1 Å². The van der Waals surface area contributed by atoms with E-state index in [2.05, 4.69) is 113 Å². The molecule has 4 heterocycles. The number of aryl methyl sites for hydroxylation is 1. The van der Waals surface area contributed by atoms with E-state index in [9.17, 15) is 0 Å². The van der Waals surface area contributed by atoms with Crippen molar-refractivity contribution in [2.75, 3.05) is 0 Å². The average molecular weight is 864 g/mol. The minimum absolute atomic E-state index is 0. The number of furan rings is 1. The summed E-state index contributed by atoms with van der Waals surface area (Å²) in [7, 11) is 0. The van der Waals surface area contributed by atoms with E-state index >= 15 is 0 Å². The number of rotatable bonds is 5. The Kier molecular flexibility index (Phi) is 9.50. The summed E-state index contributed by atoms with van der Waals surface area (Å²) in [5.74, 6) is 1.47. The average Bonchev–Trinajstić information content (AvgIpc) is 3.73. The molecule has 0 aliphatic heterocycles.